The Morgan fingerprint density at radius 3 is 2.46 bits per heavy atom. The zero-order chi connectivity index (χ0) is 38.4. The first-order valence-corrected chi connectivity index (χ1v) is 18.9. The number of nitrogens with zero attached hydrogens (tertiary/aromatic N) is 2. The summed E-state index contributed by atoms with van der Waals surface area (Å²) < 4.78 is 15.0. The Labute approximate surface area is 324 Å². The van der Waals surface area contributed by atoms with Gasteiger partial charge >= 0.3 is 0 Å². The summed E-state index contributed by atoms with van der Waals surface area (Å²) in [5.41, 5.74) is 0.979. The van der Waals surface area contributed by atoms with Crippen molar-refractivity contribution < 1.29 is 28.7 Å². The fourth-order valence-corrected chi connectivity index (χ4v) is 7.35. The SMILES string of the molecule is BN[C@@H](CNC(=O)[C@H](C)Cl)C(=O)N1C[C@H](Oc2cc(-c3ccccc3)nc3cc(OC)ccc23)C[C@H]1C(=O)N[C@]1(C(=O)NSc2ccccc2)C[C@H]1C=C. The van der Waals surface area contributed by atoms with Gasteiger partial charge in [-0.15, -0.1) is 18.2 Å². The van der Waals surface area contributed by atoms with Crippen molar-refractivity contribution in [3.63, 3.8) is 0 Å². The molecule has 12 nitrogen and oxygen atoms in total. The molecule has 1 aliphatic heterocycles. The van der Waals surface area contributed by atoms with Crippen molar-refractivity contribution in [3.8, 4) is 22.8 Å². The highest BCUT2D eigenvalue weighted by atomic mass is 35.5. The number of amides is 4. The van der Waals surface area contributed by atoms with Crippen LogP contribution in [0, 0.1) is 5.92 Å². The number of halogens is 1. The second kappa shape index (κ2) is 17.0. The zero-order valence-corrected chi connectivity index (χ0v) is 31.8. The average molecular weight is 769 g/mol. The minimum absolute atomic E-state index is 0.0551. The lowest BCUT2D eigenvalue weighted by Crippen LogP contribution is -2.58. The Bertz CT molecular complexity index is 2030. The molecule has 2 heterocycles. The van der Waals surface area contributed by atoms with Gasteiger partial charge in [-0.25, -0.2) is 4.98 Å². The summed E-state index contributed by atoms with van der Waals surface area (Å²) in [7, 11) is 3.19. The van der Waals surface area contributed by atoms with Gasteiger partial charge in [0.1, 0.15) is 34.6 Å². The van der Waals surface area contributed by atoms with E-state index in [0.29, 0.717) is 29.1 Å². The number of hydrogen-bond donors (Lipinski definition) is 4. The molecule has 1 aliphatic carbocycles. The molecule has 1 aromatic heterocycles. The Balaban J connectivity index is 1.29. The van der Waals surface area contributed by atoms with E-state index in [2.05, 4.69) is 27.2 Å². The van der Waals surface area contributed by atoms with Crippen LogP contribution in [0.5, 0.6) is 11.5 Å². The minimum Gasteiger partial charge on any atom is -0.497 e. The van der Waals surface area contributed by atoms with Crippen molar-refractivity contribution in [2.75, 3.05) is 20.2 Å². The van der Waals surface area contributed by atoms with Crippen LogP contribution in [-0.4, -0.2) is 90.8 Å². The molecular weight excluding hydrogens is 727 g/mol. The molecule has 4 N–H and O–H groups in total. The molecule has 280 valence electrons. The van der Waals surface area contributed by atoms with Gasteiger partial charge in [0.05, 0.1) is 30.9 Å². The van der Waals surface area contributed by atoms with E-state index in [0.717, 1.165) is 27.8 Å². The Morgan fingerprint density at radius 2 is 1.81 bits per heavy atom. The maximum atomic E-state index is 14.3. The van der Waals surface area contributed by atoms with Crippen LogP contribution < -0.4 is 30.1 Å². The van der Waals surface area contributed by atoms with Gasteiger partial charge in [-0.05, 0) is 49.6 Å². The lowest BCUT2D eigenvalue weighted by molar-refractivity contribution is -0.140. The largest absolute Gasteiger partial charge is 0.497 e. The number of carbonyl (C=O) groups excluding carboxylic acids is 4. The van der Waals surface area contributed by atoms with Crippen molar-refractivity contribution >= 4 is 66.1 Å². The van der Waals surface area contributed by atoms with Gasteiger partial charge < -0.3 is 30.2 Å². The second-order valence-corrected chi connectivity index (χ2v) is 14.8. The highest BCUT2D eigenvalue weighted by molar-refractivity contribution is 7.98. The second-order valence-electron chi connectivity index (χ2n) is 13.3. The van der Waals surface area contributed by atoms with Gasteiger partial charge in [0, 0.05) is 46.9 Å². The highest BCUT2D eigenvalue weighted by Gasteiger charge is 2.61. The minimum atomic E-state index is -1.23. The first-order valence-electron chi connectivity index (χ1n) is 17.6. The van der Waals surface area contributed by atoms with Crippen molar-refractivity contribution in [1.29, 1.82) is 0 Å². The molecule has 0 radical (unpaired) electrons. The quantitative estimate of drug-likeness (QED) is 0.0618. The maximum Gasteiger partial charge on any atom is 0.256 e. The predicted molar refractivity (Wildman–Crippen MR) is 212 cm³/mol. The molecule has 4 amide bonds. The van der Waals surface area contributed by atoms with Crippen LogP contribution in [0.25, 0.3) is 22.2 Å². The number of ether oxygens (including phenoxy) is 2. The number of alkyl halides is 1. The van der Waals surface area contributed by atoms with E-state index in [-0.39, 0.29) is 31.3 Å². The van der Waals surface area contributed by atoms with Gasteiger partial charge in [-0.3, -0.25) is 23.9 Å². The summed E-state index contributed by atoms with van der Waals surface area (Å²) in [5.74, 6) is -0.858. The topological polar surface area (TPSA) is 151 Å². The third kappa shape index (κ3) is 8.51. The summed E-state index contributed by atoms with van der Waals surface area (Å²) in [5, 5.41) is 8.58. The summed E-state index contributed by atoms with van der Waals surface area (Å²) >= 11 is 7.11. The molecule has 1 saturated carbocycles. The van der Waals surface area contributed by atoms with Crippen molar-refractivity contribution in [2.24, 2.45) is 5.92 Å². The molecule has 0 bridgehead atoms. The number of likely N-dealkylation sites (tertiary alicyclic amines) is 1. The van der Waals surface area contributed by atoms with E-state index in [1.54, 1.807) is 21.2 Å². The maximum absolute atomic E-state index is 14.3. The summed E-state index contributed by atoms with van der Waals surface area (Å²) in [6.07, 6.45) is 1.53. The number of aromatic nitrogens is 1. The molecular formula is C39H42BClN6O6S. The van der Waals surface area contributed by atoms with E-state index in [1.807, 2.05) is 84.9 Å². The van der Waals surface area contributed by atoms with Crippen molar-refractivity contribution in [1.82, 2.24) is 30.5 Å². The number of carbonyl (C=O) groups is 4. The summed E-state index contributed by atoms with van der Waals surface area (Å²) in [6, 6.07) is 24.5. The molecule has 2 fully saturated rings. The highest BCUT2D eigenvalue weighted by Crippen LogP contribution is 2.45. The first-order chi connectivity index (χ1) is 26.1. The van der Waals surface area contributed by atoms with Crippen LogP contribution in [0.2, 0.25) is 0 Å². The summed E-state index contributed by atoms with van der Waals surface area (Å²) in [6.45, 7) is 5.43. The molecule has 0 unspecified atom stereocenters. The third-order valence-corrected chi connectivity index (χ3v) is 10.7. The van der Waals surface area contributed by atoms with E-state index in [1.165, 1.54) is 11.8 Å². The summed E-state index contributed by atoms with van der Waals surface area (Å²) in [4.78, 5) is 61.7. The smallest absolute Gasteiger partial charge is 0.256 e. The molecule has 0 spiro atoms. The number of benzene rings is 3. The van der Waals surface area contributed by atoms with Gasteiger partial charge in [0.15, 0.2) is 7.98 Å². The number of nitrogens with one attached hydrogen (secondary N) is 4. The van der Waals surface area contributed by atoms with Gasteiger partial charge in [0.25, 0.3) is 5.91 Å². The van der Waals surface area contributed by atoms with Crippen LogP contribution >= 0.6 is 23.5 Å². The van der Waals surface area contributed by atoms with Gasteiger partial charge in [-0.1, -0.05) is 54.6 Å². The van der Waals surface area contributed by atoms with Crippen LogP contribution in [0.4, 0.5) is 0 Å². The molecule has 1 saturated heterocycles. The fraction of sp³-hybridized carbons (Fsp3) is 0.308. The van der Waals surface area contributed by atoms with Gasteiger partial charge in [-0.2, -0.15) is 0 Å². The standard InChI is InChI=1S/C39H42BClN6O6S/c1-4-25-20-39(25,38(51)46-54-28-13-9-6-10-14-28)44-36(49)33-18-27(22-47(33)37(50)32(45-40)21-42-35(48)23(2)41)53-34-19-30(24-11-7-5-8-12-24)43-31-17-26(52-3)15-16-29(31)34/h4-17,19,23,25,27,32-33,45H,1,18,20-22,40H2,2-3H3,(H,42,48)(H,44,49)(H,46,51)/t23-,25+,27+,32-,33-,39+/m0/s1. The number of methoxy groups -OCH3 is 1. The molecule has 3 aromatic carbocycles. The predicted octanol–water partition coefficient (Wildman–Crippen LogP) is 3.39. The first kappa shape index (κ1) is 38.7. The third-order valence-electron chi connectivity index (χ3n) is 9.73. The lowest BCUT2D eigenvalue weighted by Gasteiger charge is -2.29. The Morgan fingerprint density at radius 1 is 1.09 bits per heavy atom. The molecule has 54 heavy (non-hydrogen) atoms. The van der Waals surface area contributed by atoms with E-state index < -0.39 is 46.8 Å². The van der Waals surface area contributed by atoms with E-state index in [4.69, 9.17) is 26.1 Å². The average Bonchev–Trinajstić information content (AvgIpc) is 3.75. The lowest BCUT2D eigenvalue weighted by atomic mass is 10.1. The normalized spacial score (nSPS) is 21.4. The van der Waals surface area contributed by atoms with Crippen molar-refractivity contribution in [3.05, 3.63) is 97.6 Å². The number of pyridine rings is 1. The monoisotopic (exact) mass is 768 g/mol. The van der Waals surface area contributed by atoms with Gasteiger partial charge in [0.2, 0.25) is 17.7 Å². The van der Waals surface area contributed by atoms with E-state index >= 15 is 0 Å². The van der Waals surface area contributed by atoms with Crippen LogP contribution in [0.3, 0.4) is 0 Å². The number of hydrogen-bond acceptors (Lipinski definition) is 9. The Kier molecular flexibility index (Phi) is 12.1. The number of rotatable bonds is 15. The van der Waals surface area contributed by atoms with Crippen molar-refractivity contribution in [2.45, 2.75) is 53.8 Å². The molecule has 4 aromatic rings. The molecule has 6 rings (SSSR count). The number of fused-ring (bicyclic) bond motifs is 1. The molecule has 6 atom stereocenters. The van der Waals surface area contributed by atoms with Crippen LogP contribution in [0.15, 0.2) is 102 Å². The fourth-order valence-electron chi connectivity index (χ4n) is 6.59. The zero-order valence-electron chi connectivity index (χ0n) is 30.2. The van der Waals surface area contributed by atoms with E-state index in [9.17, 15) is 19.2 Å². The van der Waals surface area contributed by atoms with Crippen LogP contribution in [0.1, 0.15) is 19.8 Å². The molecule has 2 aliphatic rings. The Hall–Kier alpha value is -5.05. The molecule has 15 heteroatoms. The van der Waals surface area contributed by atoms with Crippen LogP contribution in [-0.2, 0) is 19.2 Å².